The topological polar surface area (TPSA) is 92.4 Å². The summed E-state index contributed by atoms with van der Waals surface area (Å²) in [7, 11) is 0. The van der Waals surface area contributed by atoms with Gasteiger partial charge >= 0.3 is 5.97 Å². The summed E-state index contributed by atoms with van der Waals surface area (Å²) < 4.78 is 0. The van der Waals surface area contributed by atoms with Crippen LogP contribution in [0, 0.1) is 5.92 Å². The molecule has 0 aliphatic heterocycles. The lowest BCUT2D eigenvalue weighted by atomic mass is 9.84. The summed E-state index contributed by atoms with van der Waals surface area (Å²) in [6.07, 6.45) is 3.23. The Hall–Kier alpha value is -1.88. The first-order chi connectivity index (χ1) is 9.61. The molecule has 1 aromatic carbocycles. The first-order valence-electron chi connectivity index (χ1n) is 6.94. The van der Waals surface area contributed by atoms with Crippen LogP contribution < -0.4 is 11.1 Å². The third-order valence-electron chi connectivity index (χ3n) is 3.85. The molecule has 1 saturated carbocycles. The predicted molar refractivity (Wildman–Crippen MR) is 75.2 cm³/mol. The quantitative estimate of drug-likeness (QED) is 0.777. The summed E-state index contributed by atoms with van der Waals surface area (Å²) in [6, 6.07) is 6.78. The summed E-state index contributed by atoms with van der Waals surface area (Å²) in [6.45, 7) is 0.436. The van der Waals surface area contributed by atoms with Crippen molar-refractivity contribution in [1.29, 1.82) is 0 Å². The molecule has 108 valence electrons. The van der Waals surface area contributed by atoms with Crippen LogP contribution in [0.1, 0.15) is 41.6 Å². The molecule has 1 aliphatic rings. The van der Waals surface area contributed by atoms with Crippen LogP contribution in [0.25, 0.3) is 0 Å². The molecule has 0 radical (unpaired) electrons. The van der Waals surface area contributed by atoms with Crippen molar-refractivity contribution in [3.05, 3.63) is 35.4 Å². The van der Waals surface area contributed by atoms with Crippen LogP contribution in [-0.4, -0.2) is 23.0 Å². The molecule has 1 aromatic rings. The maximum absolute atomic E-state index is 12.1. The van der Waals surface area contributed by atoms with Crippen LogP contribution in [0.15, 0.2) is 24.3 Å². The molecular formula is C15H20N2O3. The first-order valence-corrected chi connectivity index (χ1v) is 6.94. The van der Waals surface area contributed by atoms with Gasteiger partial charge in [-0.1, -0.05) is 25.0 Å². The van der Waals surface area contributed by atoms with E-state index >= 15 is 0 Å². The molecule has 4 N–H and O–H groups in total. The molecule has 2 rings (SSSR count). The monoisotopic (exact) mass is 276 g/mol. The van der Waals surface area contributed by atoms with Crippen LogP contribution in [-0.2, 0) is 11.3 Å². The molecule has 2 atom stereocenters. The summed E-state index contributed by atoms with van der Waals surface area (Å²) in [5.74, 6) is -1.52. The van der Waals surface area contributed by atoms with Crippen LogP contribution in [0.3, 0.4) is 0 Å². The second-order valence-corrected chi connectivity index (χ2v) is 5.21. The Morgan fingerprint density at radius 1 is 1.20 bits per heavy atom. The summed E-state index contributed by atoms with van der Waals surface area (Å²) in [5, 5.41) is 12.0. The summed E-state index contributed by atoms with van der Waals surface area (Å²) in [4.78, 5) is 23.3. The minimum Gasteiger partial charge on any atom is -0.481 e. The smallest absolute Gasteiger partial charge is 0.308 e. The zero-order valence-electron chi connectivity index (χ0n) is 11.3. The number of carbonyl (C=O) groups is 2. The number of benzene rings is 1. The van der Waals surface area contributed by atoms with E-state index in [0.29, 0.717) is 18.5 Å². The number of aliphatic carboxylic acids is 1. The third kappa shape index (κ3) is 3.36. The number of nitrogens with two attached hydrogens (primary N) is 1. The Kier molecular flexibility index (Phi) is 4.74. The fourth-order valence-electron chi connectivity index (χ4n) is 2.64. The highest BCUT2D eigenvalue weighted by Crippen LogP contribution is 2.25. The molecule has 1 fully saturated rings. The van der Waals surface area contributed by atoms with E-state index in [4.69, 9.17) is 5.73 Å². The van der Waals surface area contributed by atoms with Gasteiger partial charge in [0.2, 0.25) is 0 Å². The number of amides is 1. The van der Waals surface area contributed by atoms with Gasteiger partial charge in [0.1, 0.15) is 0 Å². The predicted octanol–water partition coefficient (Wildman–Crippen LogP) is 1.52. The van der Waals surface area contributed by atoms with Gasteiger partial charge in [-0.25, -0.2) is 0 Å². The Labute approximate surface area is 118 Å². The van der Waals surface area contributed by atoms with E-state index in [-0.39, 0.29) is 11.9 Å². The lowest BCUT2D eigenvalue weighted by Crippen LogP contribution is -2.45. The second kappa shape index (κ2) is 6.52. The summed E-state index contributed by atoms with van der Waals surface area (Å²) >= 11 is 0. The number of carboxylic acid groups (broad SMARTS) is 1. The molecule has 1 aliphatic carbocycles. The normalized spacial score (nSPS) is 22.2. The SMILES string of the molecule is NCc1ccc(C(=O)NC2CCCCC2C(=O)O)cc1. The zero-order chi connectivity index (χ0) is 14.5. The molecule has 1 amide bonds. The van der Waals surface area contributed by atoms with E-state index < -0.39 is 11.9 Å². The van der Waals surface area contributed by atoms with Crippen molar-refractivity contribution in [2.45, 2.75) is 38.3 Å². The highest BCUT2D eigenvalue weighted by molar-refractivity contribution is 5.94. The molecule has 20 heavy (non-hydrogen) atoms. The van der Waals surface area contributed by atoms with Gasteiger partial charge in [-0.15, -0.1) is 0 Å². The van der Waals surface area contributed by atoms with Crippen molar-refractivity contribution in [3.8, 4) is 0 Å². The van der Waals surface area contributed by atoms with Gasteiger partial charge in [0.25, 0.3) is 5.91 Å². The van der Waals surface area contributed by atoms with Crippen LogP contribution >= 0.6 is 0 Å². The van der Waals surface area contributed by atoms with Crippen LogP contribution in [0.4, 0.5) is 0 Å². The minimum atomic E-state index is -0.825. The Morgan fingerprint density at radius 3 is 2.45 bits per heavy atom. The Bertz CT molecular complexity index is 484. The van der Waals surface area contributed by atoms with Crippen LogP contribution in [0.5, 0.6) is 0 Å². The third-order valence-corrected chi connectivity index (χ3v) is 3.85. The Balaban J connectivity index is 2.03. The fourth-order valence-corrected chi connectivity index (χ4v) is 2.64. The number of rotatable bonds is 4. The van der Waals surface area contributed by atoms with Crippen molar-refractivity contribution < 1.29 is 14.7 Å². The van der Waals surface area contributed by atoms with Crippen LogP contribution in [0.2, 0.25) is 0 Å². The van der Waals surface area contributed by atoms with Gasteiger partial charge in [0.15, 0.2) is 0 Å². The van der Waals surface area contributed by atoms with Crippen molar-refractivity contribution >= 4 is 11.9 Å². The molecular weight excluding hydrogens is 256 g/mol. The Morgan fingerprint density at radius 2 is 1.85 bits per heavy atom. The molecule has 0 bridgehead atoms. The van der Waals surface area contributed by atoms with E-state index in [1.807, 2.05) is 12.1 Å². The number of carboxylic acids is 1. The largest absolute Gasteiger partial charge is 0.481 e. The van der Waals surface area contributed by atoms with E-state index in [0.717, 1.165) is 24.8 Å². The fraction of sp³-hybridized carbons (Fsp3) is 0.467. The molecule has 0 spiro atoms. The maximum atomic E-state index is 12.1. The molecule has 5 heteroatoms. The highest BCUT2D eigenvalue weighted by atomic mass is 16.4. The molecule has 0 aromatic heterocycles. The highest BCUT2D eigenvalue weighted by Gasteiger charge is 2.31. The number of hydrogen-bond acceptors (Lipinski definition) is 3. The van der Waals surface area contributed by atoms with E-state index in [1.54, 1.807) is 12.1 Å². The molecule has 0 saturated heterocycles. The average Bonchev–Trinajstić information content (AvgIpc) is 2.47. The van der Waals surface area contributed by atoms with Gasteiger partial charge in [0, 0.05) is 18.2 Å². The van der Waals surface area contributed by atoms with Gasteiger partial charge in [-0.05, 0) is 30.5 Å². The van der Waals surface area contributed by atoms with Crippen molar-refractivity contribution in [2.24, 2.45) is 11.7 Å². The van der Waals surface area contributed by atoms with E-state index in [1.165, 1.54) is 0 Å². The zero-order valence-corrected chi connectivity index (χ0v) is 11.3. The van der Waals surface area contributed by atoms with Gasteiger partial charge in [-0.2, -0.15) is 0 Å². The lowest BCUT2D eigenvalue weighted by Gasteiger charge is -2.29. The van der Waals surface area contributed by atoms with Crippen molar-refractivity contribution in [1.82, 2.24) is 5.32 Å². The van der Waals surface area contributed by atoms with Gasteiger partial charge < -0.3 is 16.2 Å². The second-order valence-electron chi connectivity index (χ2n) is 5.21. The van der Waals surface area contributed by atoms with Crippen molar-refractivity contribution in [3.63, 3.8) is 0 Å². The van der Waals surface area contributed by atoms with E-state index in [2.05, 4.69) is 5.32 Å². The maximum Gasteiger partial charge on any atom is 0.308 e. The average molecular weight is 276 g/mol. The standard InChI is InChI=1S/C15H20N2O3/c16-9-10-5-7-11(8-6-10)14(18)17-13-4-2-1-3-12(13)15(19)20/h5-8,12-13H,1-4,9,16H2,(H,17,18)(H,19,20). The number of hydrogen-bond donors (Lipinski definition) is 3. The van der Waals surface area contributed by atoms with Gasteiger partial charge in [0.05, 0.1) is 5.92 Å². The number of carbonyl (C=O) groups excluding carboxylic acids is 1. The molecule has 0 heterocycles. The first kappa shape index (κ1) is 14.5. The van der Waals surface area contributed by atoms with E-state index in [9.17, 15) is 14.7 Å². The minimum absolute atomic E-state index is 0.216. The molecule has 2 unspecified atom stereocenters. The molecule has 5 nitrogen and oxygen atoms in total. The van der Waals surface area contributed by atoms with Gasteiger partial charge in [-0.3, -0.25) is 9.59 Å². The van der Waals surface area contributed by atoms with Crippen molar-refractivity contribution in [2.75, 3.05) is 0 Å². The lowest BCUT2D eigenvalue weighted by molar-refractivity contribution is -0.143. The summed E-state index contributed by atoms with van der Waals surface area (Å²) in [5.41, 5.74) is 7.01. The number of nitrogens with one attached hydrogen (secondary N) is 1.